The monoisotopic (exact) mass is 222 g/mol. The average molecular weight is 222 g/mol. The molecule has 1 amide bonds. The fourth-order valence-corrected chi connectivity index (χ4v) is 1.13. The summed E-state index contributed by atoms with van der Waals surface area (Å²) in [6.07, 6.45) is 0.910. The van der Waals surface area contributed by atoms with Gasteiger partial charge in [-0.05, 0) is 37.6 Å². The number of nitrogens with two attached hydrogens (primary N) is 1. The molecule has 1 rings (SSSR count). The molecule has 3 N–H and O–H groups in total. The molecular weight excluding hydrogens is 204 g/mol. The molecule has 0 aromatic heterocycles. The Morgan fingerprint density at radius 1 is 1.44 bits per heavy atom. The minimum Gasteiger partial charge on any atom is -0.484 e. The van der Waals surface area contributed by atoms with Crippen molar-refractivity contribution in [2.75, 3.05) is 12.3 Å². The highest BCUT2D eigenvalue weighted by molar-refractivity contribution is 5.77. The predicted octanol–water partition coefficient (Wildman–Crippen LogP) is 1.56. The van der Waals surface area contributed by atoms with Crippen molar-refractivity contribution in [3.63, 3.8) is 0 Å². The van der Waals surface area contributed by atoms with Crippen LogP contribution in [-0.2, 0) is 4.79 Å². The Hall–Kier alpha value is -1.71. The second-order valence-electron chi connectivity index (χ2n) is 3.73. The topological polar surface area (TPSA) is 64.3 Å². The van der Waals surface area contributed by atoms with Crippen LogP contribution in [0.4, 0.5) is 5.69 Å². The number of benzene rings is 1. The molecule has 88 valence electrons. The molecule has 0 heterocycles. The SMILES string of the molecule is CC[C@H](C)NC(=O)COc1ccc(N)cc1. The summed E-state index contributed by atoms with van der Waals surface area (Å²) in [6, 6.07) is 7.14. The summed E-state index contributed by atoms with van der Waals surface area (Å²) in [5.74, 6) is 0.541. The number of carbonyl (C=O) groups excluding carboxylic acids is 1. The van der Waals surface area contributed by atoms with Crippen LogP contribution in [0.1, 0.15) is 20.3 Å². The van der Waals surface area contributed by atoms with Gasteiger partial charge in [-0.3, -0.25) is 4.79 Å². The number of hydrogen-bond donors (Lipinski definition) is 2. The molecule has 4 nitrogen and oxygen atoms in total. The largest absolute Gasteiger partial charge is 0.484 e. The average Bonchev–Trinajstić information content (AvgIpc) is 2.28. The zero-order valence-corrected chi connectivity index (χ0v) is 9.69. The highest BCUT2D eigenvalue weighted by Gasteiger charge is 2.05. The molecule has 0 saturated heterocycles. The first-order valence-corrected chi connectivity index (χ1v) is 5.39. The van der Waals surface area contributed by atoms with Crippen molar-refractivity contribution in [3.05, 3.63) is 24.3 Å². The Balaban J connectivity index is 2.34. The summed E-state index contributed by atoms with van der Waals surface area (Å²) in [7, 11) is 0. The van der Waals surface area contributed by atoms with E-state index in [-0.39, 0.29) is 18.6 Å². The molecule has 1 aromatic rings. The summed E-state index contributed by atoms with van der Waals surface area (Å²) in [5.41, 5.74) is 6.21. The Bertz CT molecular complexity index is 335. The molecule has 0 aliphatic rings. The number of nitrogens with one attached hydrogen (secondary N) is 1. The standard InChI is InChI=1S/C12H18N2O2/c1-3-9(2)14-12(15)8-16-11-6-4-10(13)5-7-11/h4-7,9H,3,8,13H2,1-2H3,(H,14,15)/t9-/m0/s1. The molecule has 0 unspecified atom stereocenters. The van der Waals surface area contributed by atoms with Crippen molar-refractivity contribution >= 4 is 11.6 Å². The minimum atomic E-state index is -0.105. The molecule has 4 heteroatoms. The van der Waals surface area contributed by atoms with Gasteiger partial charge in [-0.25, -0.2) is 0 Å². The van der Waals surface area contributed by atoms with Crippen LogP contribution in [0.2, 0.25) is 0 Å². The van der Waals surface area contributed by atoms with Crippen LogP contribution in [0.3, 0.4) is 0 Å². The summed E-state index contributed by atoms with van der Waals surface area (Å²) in [6.45, 7) is 4.02. The van der Waals surface area contributed by atoms with E-state index < -0.39 is 0 Å². The van der Waals surface area contributed by atoms with Gasteiger partial charge in [0.2, 0.25) is 0 Å². The van der Waals surface area contributed by atoms with E-state index in [9.17, 15) is 4.79 Å². The molecule has 0 aliphatic heterocycles. The molecule has 0 radical (unpaired) electrons. The van der Waals surface area contributed by atoms with Crippen LogP contribution in [0.5, 0.6) is 5.75 Å². The maximum Gasteiger partial charge on any atom is 0.258 e. The quantitative estimate of drug-likeness (QED) is 0.743. The smallest absolute Gasteiger partial charge is 0.258 e. The Labute approximate surface area is 95.8 Å². The van der Waals surface area contributed by atoms with Gasteiger partial charge in [0.05, 0.1) is 0 Å². The van der Waals surface area contributed by atoms with Crippen molar-refractivity contribution in [1.82, 2.24) is 5.32 Å². The first-order chi connectivity index (χ1) is 7.61. The predicted molar refractivity (Wildman–Crippen MR) is 64.2 cm³/mol. The Morgan fingerprint density at radius 2 is 2.06 bits per heavy atom. The first-order valence-electron chi connectivity index (χ1n) is 5.39. The summed E-state index contributed by atoms with van der Waals surface area (Å²) in [4.78, 5) is 11.4. The van der Waals surface area contributed by atoms with Crippen LogP contribution in [0.25, 0.3) is 0 Å². The van der Waals surface area contributed by atoms with Crippen molar-refractivity contribution < 1.29 is 9.53 Å². The number of carbonyl (C=O) groups is 1. The van der Waals surface area contributed by atoms with Gasteiger partial charge in [0, 0.05) is 11.7 Å². The maximum atomic E-state index is 11.4. The van der Waals surface area contributed by atoms with Crippen LogP contribution < -0.4 is 15.8 Å². The summed E-state index contributed by atoms with van der Waals surface area (Å²) >= 11 is 0. The van der Waals surface area contributed by atoms with Gasteiger partial charge < -0.3 is 15.8 Å². The lowest BCUT2D eigenvalue weighted by atomic mass is 10.2. The summed E-state index contributed by atoms with van der Waals surface area (Å²) in [5, 5.41) is 2.82. The second-order valence-corrected chi connectivity index (χ2v) is 3.73. The van der Waals surface area contributed by atoms with Gasteiger partial charge in [0.1, 0.15) is 5.75 Å². The fraction of sp³-hybridized carbons (Fsp3) is 0.417. The van der Waals surface area contributed by atoms with Gasteiger partial charge >= 0.3 is 0 Å². The van der Waals surface area contributed by atoms with Crippen molar-refractivity contribution in [1.29, 1.82) is 0 Å². The molecular formula is C12H18N2O2. The van der Waals surface area contributed by atoms with E-state index in [2.05, 4.69) is 5.32 Å². The maximum absolute atomic E-state index is 11.4. The number of rotatable bonds is 5. The van der Waals surface area contributed by atoms with E-state index in [4.69, 9.17) is 10.5 Å². The van der Waals surface area contributed by atoms with Gasteiger partial charge in [0.25, 0.3) is 5.91 Å². The molecule has 0 fully saturated rings. The van der Waals surface area contributed by atoms with E-state index in [1.807, 2.05) is 13.8 Å². The highest BCUT2D eigenvalue weighted by Crippen LogP contribution is 2.12. The normalized spacial score (nSPS) is 11.9. The molecule has 0 saturated carbocycles. The molecule has 0 spiro atoms. The first kappa shape index (κ1) is 12.4. The third kappa shape index (κ3) is 4.21. The molecule has 1 atom stereocenters. The van der Waals surface area contributed by atoms with Gasteiger partial charge in [-0.2, -0.15) is 0 Å². The third-order valence-electron chi connectivity index (χ3n) is 2.27. The van der Waals surface area contributed by atoms with Crippen molar-refractivity contribution in [2.45, 2.75) is 26.3 Å². The van der Waals surface area contributed by atoms with Crippen molar-refractivity contribution in [3.8, 4) is 5.75 Å². The zero-order valence-electron chi connectivity index (χ0n) is 9.69. The zero-order chi connectivity index (χ0) is 12.0. The number of nitrogen functional groups attached to an aromatic ring is 1. The van der Waals surface area contributed by atoms with Crippen LogP contribution in [0, 0.1) is 0 Å². The number of ether oxygens (including phenoxy) is 1. The molecule has 0 bridgehead atoms. The highest BCUT2D eigenvalue weighted by atomic mass is 16.5. The van der Waals surface area contributed by atoms with Gasteiger partial charge in [0.15, 0.2) is 6.61 Å². The van der Waals surface area contributed by atoms with E-state index in [1.165, 1.54) is 0 Å². The van der Waals surface area contributed by atoms with E-state index >= 15 is 0 Å². The lowest BCUT2D eigenvalue weighted by Crippen LogP contribution is -2.35. The van der Waals surface area contributed by atoms with E-state index in [1.54, 1.807) is 24.3 Å². The summed E-state index contributed by atoms with van der Waals surface area (Å²) < 4.78 is 5.30. The number of hydrogen-bond acceptors (Lipinski definition) is 3. The lowest BCUT2D eigenvalue weighted by Gasteiger charge is -2.12. The number of anilines is 1. The lowest BCUT2D eigenvalue weighted by molar-refractivity contribution is -0.123. The Morgan fingerprint density at radius 3 is 2.62 bits per heavy atom. The Kier molecular flexibility index (Phi) is 4.64. The van der Waals surface area contributed by atoms with Crippen LogP contribution >= 0.6 is 0 Å². The molecule has 0 aliphatic carbocycles. The molecule has 1 aromatic carbocycles. The minimum absolute atomic E-state index is 0.0360. The second kappa shape index (κ2) is 6.00. The van der Waals surface area contributed by atoms with Crippen LogP contribution in [-0.4, -0.2) is 18.6 Å². The van der Waals surface area contributed by atoms with Gasteiger partial charge in [-0.15, -0.1) is 0 Å². The van der Waals surface area contributed by atoms with Crippen molar-refractivity contribution in [2.24, 2.45) is 0 Å². The van der Waals surface area contributed by atoms with E-state index in [0.29, 0.717) is 11.4 Å². The van der Waals surface area contributed by atoms with Gasteiger partial charge in [-0.1, -0.05) is 6.92 Å². The molecule has 16 heavy (non-hydrogen) atoms. The third-order valence-corrected chi connectivity index (χ3v) is 2.27. The van der Waals surface area contributed by atoms with E-state index in [0.717, 1.165) is 6.42 Å². The number of amides is 1. The van der Waals surface area contributed by atoms with Crippen LogP contribution in [0.15, 0.2) is 24.3 Å². The fourth-order valence-electron chi connectivity index (χ4n) is 1.13.